The third-order valence-electron chi connectivity index (χ3n) is 3.04. The topological polar surface area (TPSA) is 21.3 Å². The lowest BCUT2D eigenvalue weighted by Crippen LogP contribution is -2.38. The largest absolute Gasteiger partial charge is 0.358 e. The molecule has 1 N–H and O–H groups in total. The van der Waals surface area contributed by atoms with Gasteiger partial charge in [-0.1, -0.05) is 40.5 Å². The van der Waals surface area contributed by atoms with Gasteiger partial charge in [-0.15, -0.1) is 0 Å². The van der Waals surface area contributed by atoms with Gasteiger partial charge in [-0.05, 0) is 58.4 Å². The second-order valence-electron chi connectivity index (χ2n) is 7.83. The van der Waals surface area contributed by atoms with E-state index in [-0.39, 0.29) is 11.8 Å². The van der Waals surface area contributed by atoms with Gasteiger partial charge < -0.3 is 4.74 Å². The molecule has 0 fully saturated rings. The highest BCUT2D eigenvalue weighted by Gasteiger charge is 2.19. The van der Waals surface area contributed by atoms with Crippen LogP contribution in [0.1, 0.15) is 87.0 Å². The maximum absolute atomic E-state index is 6.12. The third kappa shape index (κ3) is 14.1. The summed E-state index contributed by atoms with van der Waals surface area (Å²) in [4.78, 5) is 0. The molecular weight excluding hydrogens is 234 g/mol. The van der Waals surface area contributed by atoms with Gasteiger partial charge in [0, 0.05) is 0 Å². The summed E-state index contributed by atoms with van der Waals surface area (Å²) in [6.07, 6.45) is 7.63. The van der Waals surface area contributed by atoms with Crippen molar-refractivity contribution >= 4 is 0 Å². The van der Waals surface area contributed by atoms with E-state index in [2.05, 4.69) is 53.8 Å². The molecule has 0 rings (SSSR count). The minimum absolute atomic E-state index is 0.0653. The van der Waals surface area contributed by atoms with E-state index in [1.165, 1.54) is 32.1 Å². The van der Waals surface area contributed by atoms with Crippen LogP contribution in [0.5, 0.6) is 0 Å². The number of nitrogens with one attached hydrogen (secondary N) is 1. The quantitative estimate of drug-likeness (QED) is 0.464. The lowest BCUT2D eigenvalue weighted by atomic mass is 9.90. The van der Waals surface area contributed by atoms with E-state index in [1.807, 2.05) is 0 Å². The summed E-state index contributed by atoms with van der Waals surface area (Å²) in [5.74, 6) is 0. The predicted octanol–water partition coefficient (Wildman–Crippen LogP) is 5.12. The van der Waals surface area contributed by atoms with Crippen LogP contribution in [0.2, 0.25) is 0 Å². The Morgan fingerprint density at radius 1 is 0.947 bits per heavy atom. The van der Waals surface area contributed by atoms with Crippen LogP contribution in [-0.2, 0) is 4.74 Å². The molecule has 1 atom stereocenters. The van der Waals surface area contributed by atoms with Crippen molar-refractivity contribution in [2.24, 2.45) is 5.41 Å². The van der Waals surface area contributed by atoms with Gasteiger partial charge in [0.15, 0.2) is 0 Å². The Labute approximate surface area is 121 Å². The third-order valence-corrected chi connectivity index (χ3v) is 3.04. The Morgan fingerprint density at radius 2 is 1.58 bits per heavy atom. The molecule has 0 saturated heterocycles. The molecule has 0 bridgehead atoms. The maximum Gasteiger partial charge on any atom is 0.108 e. The van der Waals surface area contributed by atoms with Crippen LogP contribution in [0.4, 0.5) is 0 Å². The molecule has 0 amide bonds. The van der Waals surface area contributed by atoms with Crippen molar-refractivity contribution in [3.05, 3.63) is 0 Å². The summed E-state index contributed by atoms with van der Waals surface area (Å²) in [5, 5.41) is 3.58. The number of hydrogen-bond donors (Lipinski definition) is 1. The van der Waals surface area contributed by atoms with Crippen molar-refractivity contribution in [2.45, 2.75) is 98.8 Å². The van der Waals surface area contributed by atoms with Crippen molar-refractivity contribution in [3.63, 3.8) is 0 Å². The van der Waals surface area contributed by atoms with Crippen LogP contribution in [0.15, 0.2) is 0 Å². The molecule has 0 saturated carbocycles. The monoisotopic (exact) mass is 271 g/mol. The molecular formula is C17H37NO. The summed E-state index contributed by atoms with van der Waals surface area (Å²) < 4.78 is 6.12. The van der Waals surface area contributed by atoms with Gasteiger partial charge in [0.1, 0.15) is 6.23 Å². The van der Waals surface area contributed by atoms with Crippen LogP contribution in [-0.4, -0.2) is 18.4 Å². The van der Waals surface area contributed by atoms with Crippen molar-refractivity contribution in [1.82, 2.24) is 5.32 Å². The standard InChI is InChI=1S/C17H37NO/c1-8-9-10-14-18-15(19-17(5,6)7)12-11-13-16(2,3)4/h15,18H,8-14H2,1-7H3. The van der Waals surface area contributed by atoms with Gasteiger partial charge in [0.25, 0.3) is 0 Å². The molecule has 0 aromatic heterocycles. The SMILES string of the molecule is CCCCCNC(CCCC(C)(C)C)OC(C)(C)C. The number of unbranched alkanes of at least 4 members (excludes halogenated alkanes) is 2. The molecule has 19 heavy (non-hydrogen) atoms. The minimum Gasteiger partial charge on any atom is -0.358 e. The lowest BCUT2D eigenvalue weighted by Gasteiger charge is -2.29. The molecule has 116 valence electrons. The number of hydrogen-bond acceptors (Lipinski definition) is 2. The molecule has 0 aliphatic carbocycles. The van der Waals surface area contributed by atoms with E-state index < -0.39 is 0 Å². The second kappa shape index (κ2) is 8.97. The molecule has 0 spiro atoms. The fourth-order valence-electron chi connectivity index (χ4n) is 2.09. The van der Waals surface area contributed by atoms with E-state index in [0.717, 1.165) is 13.0 Å². The van der Waals surface area contributed by atoms with Crippen LogP contribution >= 0.6 is 0 Å². The Bertz CT molecular complexity index is 212. The summed E-state index contributed by atoms with van der Waals surface area (Å²) in [6.45, 7) is 16.6. The molecule has 0 aliphatic rings. The van der Waals surface area contributed by atoms with Crippen LogP contribution < -0.4 is 5.32 Å². The second-order valence-corrected chi connectivity index (χ2v) is 7.83. The van der Waals surface area contributed by atoms with Gasteiger partial charge in [0.2, 0.25) is 0 Å². The fourth-order valence-corrected chi connectivity index (χ4v) is 2.09. The highest BCUT2D eigenvalue weighted by molar-refractivity contribution is 4.68. The Morgan fingerprint density at radius 3 is 2.05 bits per heavy atom. The van der Waals surface area contributed by atoms with E-state index in [4.69, 9.17) is 4.74 Å². The normalized spacial score (nSPS) is 14.7. The molecule has 2 heteroatoms. The first kappa shape index (κ1) is 18.9. The summed E-state index contributed by atoms with van der Waals surface area (Å²) in [6, 6.07) is 0. The van der Waals surface area contributed by atoms with E-state index in [1.54, 1.807) is 0 Å². The minimum atomic E-state index is -0.0653. The number of rotatable bonds is 9. The van der Waals surface area contributed by atoms with Crippen LogP contribution in [0.25, 0.3) is 0 Å². The average Bonchev–Trinajstić information content (AvgIpc) is 2.20. The van der Waals surface area contributed by atoms with Crippen molar-refractivity contribution < 1.29 is 4.74 Å². The fraction of sp³-hybridized carbons (Fsp3) is 1.00. The van der Waals surface area contributed by atoms with E-state index >= 15 is 0 Å². The first-order chi connectivity index (χ1) is 8.64. The van der Waals surface area contributed by atoms with Gasteiger partial charge in [-0.2, -0.15) is 0 Å². The zero-order valence-electron chi connectivity index (χ0n) is 14.4. The zero-order chi connectivity index (χ0) is 14.9. The van der Waals surface area contributed by atoms with Gasteiger partial charge in [-0.3, -0.25) is 5.32 Å². The molecule has 0 aliphatic heterocycles. The molecule has 1 unspecified atom stereocenters. The van der Waals surface area contributed by atoms with Crippen molar-refractivity contribution in [1.29, 1.82) is 0 Å². The lowest BCUT2D eigenvalue weighted by molar-refractivity contribution is -0.0791. The summed E-state index contributed by atoms with van der Waals surface area (Å²) in [5.41, 5.74) is 0.360. The summed E-state index contributed by atoms with van der Waals surface area (Å²) in [7, 11) is 0. The summed E-state index contributed by atoms with van der Waals surface area (Å²) >= 11 is 0. The molecule has 0 heterocycles. The Hall–Kier alpha value is -0.0800. The molecule has 0 aromatic rings. The first-order valence-corrected chi connectivity index (χ1v) is 8.05. The highest BCUT2D eigenvalue weighted by Crippen LogP contribution is 2.23. The molecule has 0 aromatic carbocycles. The van der Waals surface area contributed by atoms with Gasteiger partial charge in [0.05, 0.1) is 5.60 Å². The van der Waals surface area contributed by atoms with Gasteiger partial charge in [-0.25, -0.2) is 0 Å². The van der Waals surface area contributed by atoms with Gasteiger partial charge >= 0.3 is 0 Å². The van der Waals surface area contributed by atoms with E-state index in [0.29, 0.717) is 5.41 Å². The average molecular weight is 271 g/mol. The van der Waals surface area contributed by atoms with Crippen molar-refractivity contribution in [3.8, 4) is 0 Å². The molecule has 2 nitrogen and oxygen atoms in total. The zero-order valence-corrected chi connectivity index (χ0v) is 14.4. The number of ether oxygens (including phenoxy) is 1. The van der Waals surface area contributed by atoms with Crippen molar-refractivity contribution in [2.75, 3.05) is 6.54 Å². The predicted molar refractivity (Wildman–Crippen MR) is 85.5 cm³/mol. The maximum atomic E-state index is 6.12. The van der Waals surface area contributed by atoms with E-state index in [9.17, 15) is 0 Å². The van der Waals surface area contributed by atoms with Crippen LogP contribution in [0.3, 0.4) is 0 Å². The first-order valence-electron chi connectivity index (χ1n) is 8.05. The highest BCUT2D eigenvalue weighted by atomic mass is 16.5. The smallest absolute Gasteiger partial charge is 0.108 e. The molecule has 0 radical (unpaired) electrons. The Kier molecular flexibility index (Phi) is 8.93. The Balaban J connectivity index is 4.04. The van der Waals surface area contributed by atoms with Crippen LogP contribution in [0, 0.1) is 5.41 Å².